The van der Waals surface area contributed by atoms with E-state index in [0.29, 0.717) is 35.0 Å². The SMILES string of the molecule is O=c1cccc2n1CC1C[C@@H]2CN(CC(O)Cn2c3ccc(Cl)cc3c3cc(Cl)ccc32)C1. The third-order valence-corrected chi connectivity index (χ3v) is 7.68. The van der Waals surface area contributed by atoms with E-state index in [1.54, 1.807) is 6.07 Å². The molecule has 2 aromatic carbocycles. The first kappa shape index (κ1) is 21.2. The molecular formula is C26H25Cl2N3O2. The number of piperidine rings is 1. The highest BCUT2D eigenvalue weighted by atomic mass is 35.5. The number of likely N-dealkylation sites (tertiary alicyclic amines) is 1. The first-order valence-corrected chi connectivity index (χ1v) is 12.2. The lowest BCUT2D eigenvalue weighted by Crippen LogP contribution is -2.49. The number of fused-ring (bicyclic) bond motifs is 7. The van der Waals surface area contributed by atoms with Gasteiger partial charge in [-0.25, -0.2) is 0 Å². The smallest absolute Gasteiger partial charge is 0.250 e. The van der Waals surface area contributed by atoms with Gasteiger partial charge in [-0.2, -0.15) is 0 Å². The van der Waals surface area contributed by atoms with E-state index in [9.17, 15) is 9.90 Å². The maximum absolute atomic E-state index is 12.3. The van der Waals surface area contributed by atoms with Crippen LogP contribution in [-0.2, 0) is 13.1 Å². The second-order valence-electron chi connectivity index (χ2n) is 9.50. The van der Waals surface area contributed by atoms with Crippen LogP contribution >= 0.6 is 23.2 Å². The van der Waals surface area contributed by atoms with Gasteiger partial charge in [0.05, 0.1) is 12.6 Å². The number of hydrogen-bond acceptors (Lipinski definition) is 3. The fourth-order valence-electron chi connectivity index (χ4n) is 5.96. The molecule has 0 radical (unpaired) electrons. The molecular weight excluding hydrogens is 457 g/mol. The van der Waals surface area contributed by atoms with Gasteiger partial charge in [-0.1, -0.05) is 29.3 Å². The predicted octanol–water partition coefficient (Wildman–Crippen LogP) is 4.74. The lowest BCUT2D eigenvalue weighted by molar-refractivity contribution is 0.0558. The van der Waals surface area contributed by atoms with Crippen LogP contribution in [0.25, 0.3) is 21.8 Å². The Labute approximate surface area is 201 Å². The average molecular weight is 482 g/mol. The maximum atomic E-state index is 12.3. The van der Waals surface area contributed by atoms with Crippen LogP contribution in [0.2, 0.25) is 10.0 Å². The Morgan fingerprint density at radius 3 is 2.30 bits per heavy atom. The Kier molecular flexibility index (Phi) is 5.26. The molecule has 2 bridgehead atoms. The van der Waals surface area contributed by atoms with Crippen LogP contribution in [0.3, 0.4) is 0 Å². The number of aliphatic hydroxyl groups is 1. The molecule has 0 amide bonds. The second-order valence-corrected chi connectivity index (χ2v) is 10.4. The predicted molar refractivity (Wildman–Crippen MR) is 133 cm³/mol. The number of hydrogen-bond donors (Lipinski definition) is 1. The third kappa shape index (κ3) is 3.77. The summed E-state index contributed by atoms with van der Waals surface area (Å²) in [6.45, 7) is 3.65. The molecule has 1 N–H and O–H groups in total. The van der Waals surface area contributed by atoms with Crippen molar-refractivity contribution in [2.75, 3.05) is 19.6 Å². The topological polar surface area (TPSA) is 50.4 Å². The zero-order valence-corrected chi connectivity index (χ0v) is 19.6. The molecule has 5 nitrogen and oxygen atoms in total. The van der Waals surface area contributed by atoms with Gasteiger partial charge in [0.15, 0.2) is 0 Å². The van der Waals surface area contributed by atoms with Crippen LogP contribution in [0.5, 0.6) is 0 Å². The highest BCUT2D eigenvalue weighted by molar-refractivity contribution is 6.33. The summed E-state index contributed by atoms with van der Waals surface area (Å²) in [5.41, 5.74) is 3.32. The minimum absolute atomic E-state index is 0.0993. The molecule has 7 heteroatoms. The van der Waals surface area contributed by atoms with Gasteiger partial charge in [-0.05, 0) is 54.8 Å². The van der Waals surface area contributed by atoms with Crippen molar-refractivity contribution < 1.29 is 5.11 Å². The third-order valence-electron chi connectivity index (χ3n) is 7.21. The molecule has 6 rings (SSSR count). The fourth-order valence-corrected chi connectivity index (χ4v) is 6.30. The molecule has 33 heavy (non-hydrogen) atoms. The largest absolute Gasteiger partial charge is 0.390 e. The summed E-state index contributed by atoms with van der Waals surface area (Å²) in [5, 5.41) is 14.6. The average Bonchev–Trinajstić information content (AvgIpc) is 3.06. The van der Waals surface area contributed by atoms with Gasteiger partial charge in [0.1, 0.15) is 0 Å². The maximum Gasteiger partial charge on any atom is 0.250 e. The Bertz CT molecular complexity index is 1370. The van der Waals surface area contributed by atoms with E-state index >= 15 is 0 Å². The number of rotatable bonds is 4. The van der Waals surface area contributed by atoms with Crippen LogP contribution in [0, 0.1) is 5.92 Å². The van der Waals surface area contributed by atoms with Gasteiger partial charge in [0.2, 0.25) is 0 Å². The molecule has 4 aromatic rings. The highest BCUT2D eigenvalue weighted by Gasteiger charge is 2.35. The summed E-state index contributed by atoms with van der Waals surface area (Å²) in [6, 6.07) is 17.3. The molecule has 2 aliphatic heterocycles. The van der Waals surface area contributed by atoms with Crippen molar-refractivity contribution in [3.63, 3.8) is 0 Å². The van der Waals surface area contributed by atoms with E-state index in [0.717, 1.165) is 53.6 Å². The summed E-state index contributed by atoms with van der Waals surface area (Å²) in [4.78, 5) is 14.6. The number of pyridine rings is 1. The van der Waals surface area contributed by atoms with Crippen molar-refractivity contribution >= 4 is 45.0 Å². The molecule has 1 saturated heterocycles. The van der Waals surface area contributed by atoms with Crippen molar-refractivity contribution in [2.45, 2.75) is 31.5 Å². The molecule has 1 fully saturated rings. The molecule has 0 saturated carbocycles. The monoisotopic (exact) mass is 481 g/mol. The van der Waals surface area contributed by atoms with E-state index < -0.39 is 6.10 Å². The van der Waals surface area contributed by atoms with Crippen LogP contribution in [-0.4, -0.2) is 44.9 Å². The van der Waals surface area contributed by atoms with Crippen molar-refractivity contribution in [3.8, 4) is 0 Å². The Balaban J connectivity index is 1.26. The van der Waals surface area contributed by atoms with E-state index in [2.05, 4.69) is 15.5 Å². The van der Waals surface area contributed by atoms with Gasteiger partial charge in [0.25, 0.3) is 5.56 Å². The van der Waals surface area contributed by atoms with Crippen molar-refractivity contribution in [2.24, 2.45) is 5.92 Å². The Morgan fingerprint density at radius 1 is 0.909 bits per heavy atom. The molecule has 2 aromatic heterocycles. The standard InChI is InChI=1S/C26H25Cl2N3O2/c27-18-4-6-24-21(9-18)22-10-19(28)5-7-25(22)30(24)15-20(32)14-29-11-16-8-17(13-29)23-2-1-3-26(33)31(23)12-16/h1-7,9-10,16-17,20,32H,8,11-15H2/t16?,17-,20?/m1/s1. The highest BCUT2D eigenvalue weighted by Crippen LogP contribution is 2.36. The van der Waals surface area contributed by atoms with Gasteiger partial charge >= 0.3 is 0 Å². The van der Waals surface area contributed by atoms with E-state index in [4.69, 9.17) is 23.2 Å². The fraction of sp³-hybridized carbons (Fsp3) is 0.346. The van der Waals surface area contributed by atoms with Crippen molar-refractivity contribution in [1.29, 1.82) is 0 Å². The zero-order valence-electron chi connectivity index (χ0n) is 18.1. The molecule has 170 valence electrons. The Morgan fingerprint density at radius 2 is 1.61 bits per heavy atom. The van der Waals surface area contributed by atoms with Crippen LogP contribution in [0.4, 0.5) is 0 Å². The molecule has 4 heterocycles. The Hall–Kier alpha value is -2.31. The van der Waals surface area contributed by atoms with Gasteiger partial charge < -0.3 is 14.2 Å². The van der Waals surface area contributed by atoms with Crippen molar-refractivity contribution in [1.82, 2.24) is 14.0 Å². The molecule has 2 aliphatic rings. The number of aromatic nitrogens is 2. The lowest BCUT2D eigenvalue weighted by atomic mass is 9.83. The molecule has 3 atom stereocenters. The quantitative estimate of drug-likeness (QED) is 0.457. The minimum Gasteiger partial charge on any atom is -0.390 e. The summed E-state index contributed by atoms with van der Waals surface area (Å²) in [5.74, 6) is 0.789. The first-order valence-electron chi connectivity index (χ1n) is 11.4. The number of β-amino-alcohol motifs (C(OH)–C–C–N with tert-alkyl or cyclic N) is 1. The number of nitrogens with zero attached hydrogens (tertiary/aromatic N) is 3. The summed E-state index contributed by atoms with van der Waals surface area (Å²) >= 11 is 12.6. The van der Waals surface area contributed by atoms with Crippen LogP contribution < -0.4 is 5.56 Å². The normalized spacial score (nSPS) is 21.4. The number of halogens is 2. The van der Waals surface area contributed by atoms with Crippen molar-refractivity contribution in [3.05, 3.63) is 80.7 Å². The summed E-state index contributed by atoms with van der Waals surface area (Å²) < 4.78 is 4.11. The summed E-state index contributed by atoms with van der Waals surface area (Å²) in [6.07, 6.45) is 0.594. The van der Waals surface area contributed by atoms with Gasteiger partial charge in [-0.3, -0.25) is 9.69 Å². The molecule has 0 aliphatic carbocycles. The number of aliphatic hydroxyl groups excluding tert-OH is 1. The van der Waals surface area contributed by atoms with Crippen LogP contribution in [0.15, 0.2) is 59.4 Å². The summed E-state index contributed by atoms with van der Waals surface area (Å²) in [7, 11) is 0. The minimum atomic E-state index is -0.521. The lowest BCUT2D eigenvalue weighted by Gasteiger charge is -2.43. The first-order chi connectivity index (χ1) is 16.0. The van der Waals surface area contributed by atoms with E-state index in [-0.39, 0.29) is 5.56 Å². The molecule has 2 unspecified atom stereocenters. The van der Waals surface area contributed by atoms with Gasteiger partial charge in [0, 0.05) is 75.7 Å². The van der Waals surface area contributed by atoms with E-state index in [1.807, 2.05) is 47.0 Å². The van der Waals surface area contributed by atoms with E-state index in [1.165, 1.54) is 0 Å². The van der Waals surface area contributed by atoms with Gasteiger partial charge in [-0.15, -0.1) is 0 Å². The zero-order chi connectivity index (χ0) is 22.7. The van der Waals surface area contributed by atoms with Crippen LogP contribution in [0.1, 0.15) is 18.0 Å². The number of benzene rings is 2. The molecule has 0 spiro atoms. The second kappa shape index (κ2) is 8.17.